The largest absolute Gasteiger partial charge is 0.461 e. The van der Waals surface area contributed by atoms with Crippen LogP contribution in [-0.2, 0) is 9.47 Å². The number of para-hydroxylation sites is 1. The summed E-state index contributed by atoms with van der Waals surface area (Å²) in [6, 6.07) is 18.4. The van der Waals surface area contributed by atoms with Crippen LogP contribution in [0, 0.1) is 11.3 Å². The van der Waals surface area contributed by atoms with Gasteiger partial charge in [0.15, 0.2) is 5.69 Å². The number of esters is 1. The summed E-state index contributed by atoms with van der Waals surface area (Å²) < 4.78 is 18.3. The molecule has 0 saturated carbocycles. The number of benzene rings is 2. The van der Waals surface area contributed by atoms with Crippen LogP contribution in [0.4, 0.5) is 4.79 Å². The van der Waals surface area contributed by atoms with Crippen molar-refractivity contribution in [1.82, 2.24) is 14.7 Å². The van der Waals surface area contributed by atoms with Crippen molar-refractivity contribution in [2.45, 2.75) is 52.2 Å². The number of hydrogen-bond acceptors (Lipinski definition) is 7. The third-order valence-corrected chi connectivity index (χ3v) is 5.99. The van der Waals surface area contributed by atoms with Gasteiger partial charge in [0, 0.05) is 18.7 Å². The molecule has 0 spiro atoms. The van der Waals surface area contributed by atoms with E-state index in [-0.39, 0.29) is 23.9 Å². The molecule has 2 heterocycles. The Labute approximate surface area is 222 Å². The lowest BCUT2D eigenvalue weighted by Crippen LogP contribution is -2.44. The van der Waals surface area contributed by atoms with E-state index in [0.717, 1.165) is 0 Å². The first-order valence-corrected chi connectivity index (χ1v) is 12.7. The summed E-state index contributed by atoms with van der Waals surface area (Å²) in [5.41, 5.74) is 0.630. The summed E-state index contributed by atoms with van der Waals surface area (Å²) in [6.45, 7) is 8.17. The van der Waals surface area contributed by atoms with Gasteiger partial charge in [-0.1, -0.05) is 18.2 Å². The molecule has 3 aromatic rings. The van der Waals surface area contributed by atoms with Gasteiger partial charge in [0.2, 0.25) is 0 Å². The van der Waals surface area contributed by atoms with Gasteiger partial charge in [-0.05, 0) is 76.9 Å². The molecule has 0 N–H and O–H groups in total. The van der Waals surface area contributed by atoms with Crippen LogP contribution in [-0.4, -0.2) is 52.0 Å². The molecule has 1 fully saturated rings. The fraction of sp³-hybridized carbons (Fsp3) is 0.379. The Bertz CT molecular complexity index is 1320. The molecule has 198 valence electrons. The molecular weight excluding hydrogens is 484 g/mol. The number of hydrogen-bond donors (Lipinski definition) is 0. The summed E-state index contributed by atoms with van der Waals surface area (Å²) in [5, 5.41) is 14.8. The second-order valence-corrected chi connectivity index (χ2v) is 10.0. The van der Waals surface area contributed by atoms with E-state index in [1.807, 2.05) is 51.1 Å². The van der Waals surface area contributed by atoms with Gasteiger partial charge in [0.05, 0.1) is 12.6 Å². The second kappa shape index (κ2) is 11.4. The minimum absolute atomic E-state index is 0.0880. The molecule has 4 rings (SSSR count). The van der Waals surface area contributed by atoms with Gasteiger partial charge in [-0.15, -0.1) is 0 Å². The van der Waals surface area contributed by atoms with E-state index in [1.165, 1.54) is 0 Å². The van der Waals surface area contributed by atoms with Gasteiger partial charge in [-0.25, -0.2) is 9.59 Å². The molecule has 9 nitrogen and oxygen atoms in total. The number of carbonyl (C=O) groups excluding carboxylic acids is 2. The van der Waals surface area contributed by atoms with E-state index in [1.54, 1.807) is 40.8 Å². The molecule has 0 radical (unpaired) electrons. The van der Waals surface area contributed by atoms with E-state index in [4.69, 9.17) is 19.3 Å². The molecule has 1 aliphatic heterocycles. The number of likely N-dealkylation sites (tertiary alicyclic amines) is 1. The van der Waals surface area contributed by atoms with Crippen molar-refractivity contribution in [3.63, 3.8) is 0 Å². The lowest BCUT2D eigenvalue weighted by Gasteiger charge is -2.34. The lowest BCUT2D eigenvalue weighted by atomic mass is 10.0. The van der Waals surface area contributed by atoms with E-state index in [2.05, 4.69) is 6.07 Å². The molecule has 1 aromatic heterocycles. The van der Waals surface area contributed by atoms with Crippen molar-refractivity contribution in [2.24, 2.45) is 0 Å². The highest BCUT2D eigenvalue weighted by atomic mass is 16.6. The SMILES string of the molecule is CCOC(=O)c1c(C#N)c(-c2ccc(Oc3ccccc3)cc2)nn1[C@@H]1CCCN(C(=O)OC(C)(C)C)C1. The highest BCUT2D eigenvalue weighted by molar-refractivity contribution is 5.93. The van der Waals surface area contributed by atoms with Crippen LogP contribution in [0.25, 0.3) is 11.3 Å². The highest BCUT2D eigenvalue weighted by Gasteiger charge is 2.34. The standard InChI is InChI=1S/C29H32N4O5/c1-5-36-27(34)26-24(18-30)25(20-13-15-23(16-14-20)37-22-11-7-6-8-12-22)31-33(26)21-10-9-17-32(19-21)28(35)38-29(2,3)4/h6-8,11-16,21H,5,9-10,17,19H2,1-4H3/t21-/m1/s1. The molecule has 1 amide bonds. The monoisotopic (exact) mass is 516 g/mol. The number of amides is 1. The first-order valence-electron chi connectivity index (χ1n) is 12.7. The Hall–Kier alpha value is -4.32. The highest BCUT2D eigenvalue weighted by Crippen LogP contribution is 2.32. The average molecular weight is 517 g/mol. The van der Waals surface area contributed by atoms with Crippen molar-refractivity contribution in [3.8, 4) is 28.8 Å². The summed E-state index contributed by atoms with van der Waals surface area (Å²) >= 11 is 0. The predicted octanol–water partition coefficient (Wildman–Crippen LogP) is 5.96. The molecule has 0 unspecified atom stereocenters. The zero-order chi connectivity index (χ0) is 27.3. The Balaban J connectivity index is 1.67. The third-order valence-electron chi connectivity index (χ3n) is 5.99. The van der Waals surface area contributed by atoms with E-state index in [9.17, 15) is 14.9 Å². The van der Waals surface area contributed by atoms with Crippen LogP contribution >= 0.6 is 0 Å². The van der Waals surface area contributed by atoms with E-state index in [0.29, 0.717) is 48.7 Å². The Kier molecular flexibility index (Phi) is 8.01. The second-order valence-electron chi connectivity index (χ2n) is 10.0. The summed E-state index contributed by atoms with van der Waals surface area (Å²) in [7, 11) is 0. The third kappa shape index (κ3) is 6.14. The van der Waals surface area contributed by atoms with Crippen LogP contribution in [0.3, 0.4) is 0 Å². The van der Waals surface area contributed by atoms with Crippen LogP contribution in [0.5, 0.6) is 11.5 Å². The summed E-state index contributed by atoms with van der Waals surface area (Å²) in [4.78, 5) is 27.4. The van der Waals surface area contributed by atoms with Crippen molar-refractivity contribution >= 4 is 12.1 Å². The van der Waals surface area contributed by atoms with Gasteiger partial charge in [-0.2, -0.15) is 10.4 Å². The topological polar surface area (TPSA) is 107 Å². The van der Waals surface area contributed by atoms with Crippen LogP contribution in [0.2, 0.25) is 0 Å². The fourth-order valence-corrected chi connectivity index (χ4v) is 4.35. The Morgan fingerprint density at radius 2 is 1.76 bits per heavy atom. The molecule has 38 heavy (non-hydrogen) atoms. The smallest absolute Gasteiger partial charge is 0.410 e. The molecule has 1 aliphatic rings. The number of piperidine rings is 1. The van der Waals surface area contributed by atoms with Crippen molar-refractivity contribution in [2.75, 3.05) is 19.7 Å². The van der Waals surface area contributed by atoms with Crippen LogP contribution in [0.1, 0.15) is 62.6 Å². The van der Waals surface area contributed by atoms with Gasteiger partial charge in [0.25, 0.3) is 0 Å². The predicted molar refractivity (Wildman–Crippen MR) is 141 cm³/mol. The van der Waals surface area contributed by atoms with Gasteiger partial charge in [-0.3, -0.25) is 4.68 Å². The lowest BCUT2D eigenvalue weighted by molar-refractivity contribution is 0.0165. The maximum Gasteiger partial charge on any atom is 0.410 e. The van der Waals surface area contributed by atoms with Gasteiger partial charge in [0.1, 0.15) is 34.4 Å². The van der Waals surface area contributed by atoms with E-state index < -0.39 is 17.7 Å². The molecular formula is C29H32N4O5. The number of nitrogens with zero attached hydrogens (tertiary/aromatic N) is 4. The molecule has 1 saturated heterocycles. The number of nitriles is 1. The van der Waals surface area contributed by atoms with Crippen molar-refractivity contribution in [1.29, 1.82) is 5.26 Å². The van der Waals surface area contributed by atoms with Gasteiger partial charge >= 0.3 is 12.1 Å². The molecule has 9 heteroatoms. The quantitative estimate of drug-likeness (QED) is 0.372. The van der Waals surface area contributed by atoms with Crippen LogP contribution in [0.15, 0.2) is 54.6 Å². The number of ether oxygens (including phenoxy) is 3. The Morgan fingerprint density at radius 1 is 1.08 bits per heavy atom. The summed E-state index contributed by atoms with van der Waals surface area (Å²) in [6.07, 6.45) is 0.970. The molecule has 0 aliphatic carbocycles. The molecule has 0 bridgehead atoms. The van der Waals surface area contributed by atoms with E-state index >= 15 is 0 Å². The van der Waals surface area contributed by atoms with Gasteiger partial charge < -0.3 is 19.1 Å². The zero-order valence-electron chi connectivity index (χ0n) is 22.1. The normalized spacial score (nSPS) is 15.4. The number of aromatic nitrogens is 2. The molecule has 1 atom stereocenters. The maximum atomic E-state index is 13.0. The summed E-state index contributed by atoms with van der Waals surface area (Å²) in [5.74, 6) is 0.712. The van der Waals surface area contributed by atoms with Crippen molar-refractivity contribution < 1.29 is 23.8 Å². The minimum Gasteiger partial charge on any atom is -0.461 e. The van der Waals surface area contributed by atoms with Crippen LogP contribution < -0.4 is 4.74 Å². The Morgan fingerprint density at radius 3 is 2.39 bits per heavy atom. The first kappa shape index (κ1) is 26.7. The average Bonchev–Trinajstić information content (AvgIpc) is 3.29. The fourth-order valence-electron chi connectivity index (χ4n) is 4.35. The number of rotatable bonds is 6. The minimum atomic E-state index is -0.624. The zero-order valence-corrected chi connectivity index (χ0v) is 22.1. The maximum absolute atomic E-state index is 13.0. The molecule has 2 aromatic carbocycles. The first-order chi connectivity index (χ1) is 18.2. The number of carbonyl (C=O) groups is 2. The van der Waals surface area contributed by atoms with Crippen molar-refractivity contribution in [3.05, 3.63) is 65.9 Å².